The Morgan fingerprint density at radius 2 is 1.83 bits per heavy atom. The second-order valence-corrected chi connectivity index (χ2v) is 5.78. The van der Waals surface area contributed by atoms with Gasteiger partial charge >= 0.3 is 5.97 Å². The van der Waals surface area contributed by atoms with E-state index < -0.39 is 0 Å². The van der Waals surface area contributed by atoms with E-state index in [-0.39, 0.29) is 12.6 Å². The zero-order valence-electron chi connectivity index (χ0n) is 14.0. The monoisotopic (exact) mass is 321 g/mol. The van der Waals surface area contributed by atoms with Crippen LogP contribution in [0.2, 0.25) is 0 Å². The molecule has 0 bridgehead atoms. The van der Waals surface area contributed by atoms with Gasteiger partial charge in [0.25, 0.3) is 0 Å². The van der Waals surface area contributed by atoms with Crippen LogP contribution in [0.1, 0.15) is 32.9 Å². The minimum Gasteiger partial charge on any atom is -0.455 e. The van der Waals surface area contributed by atoms with Gasteiger partial charge in [-0.05, 0) is 44.5 Å². The molecule has 1 heterocycles. The van der Waals surface area contributed by atoms with E-state index in [1.165, 1.54) is 0 Å². The van der Waals surface area contributed by atoms with Crippen LogP contribution < -0.4 is 0 Å². The molecule has 4 nitrogen and oxygen atoms in total. The summed E-state index contributed by atoms with van der Waals surface area (Å²) in [6.45, 7) is 5.80. The Balaban J connectivity index is 1.73. The van der Waals surface area contributed by atoms with Gasteiger partial charge in [0.2, 0.25) is 5.89 Å². The van der Waals surface area contributed by atoms with Gasteiger partial charge in [0.05, 0.1) is 5.56 Å². The molecule has 0 spiro atoms. The summed E-state index contributed by atoms with van der Waals surface area (Å²) in [5.41, 5.74) is 4.12. The van der Waals surface area contributed by atoms with Crippen LogP contribution in [0.3, 0.4) is 0 Å². The molecule has 0 saturated carbocycles. The van der Waals surface area contributed by atoms with E-state index in [9.17, 15) is 4.79 Å². The molecule has 0 unspecified atom stereocenters. The molecule has 3 rings (SSSR count). The quantitative estimate of drug-likeness (QED) is 0.658. The van der Waals surface area contributed by atoms with Crippen LogP contribution in [0.5, 0.6) is 0 Å². The highest BCUT2D eigenvalue weighted by atomic mass is 16.5. The van der Waals surface area contributed by atoms with Crippen molar-refractivity contribution in [3.05, 3.63) is 76.7 Å². The van der Waals surface area contributed by atoms with Gasteiger partial charge < -0.3 is 9.15 Å². The number of rotatable bonds is 4. The largest absolute Gasteiger partial charge is 0.455 e. The smallest absolute Gasteiger partial charge is 0.338 e. The summed E-state index contributed by atoms with van der Waals surface area (Å²) >= 11 is 0. The van der Waals surface area contributed by atoms with Crippen LogP contribution in [-0.4, -0.2) is 11.0 Å². The fraction of sp³-hybridized carbons (Fsp3) is 0.200. The van der Waals surface area contributed by atoms with Crippen LogP contribution in [0.25, 0.3) is 11.5 Å². The molecule has 0 saturated heterocycles. The third-order valence-electron chi connectivity index (χ3n) is 3.86. The first-order valence-corrected chi connectivity index (χ1v) is 7.80. The van der Waals surface area contributed by atoms with Crippen molar-refractivity contribution >= 4 is 5.97 Å². The van der Waals surface area contributed by atoms with Crippen LogP contribution in [0.4, 0.5) is 0 Å². The first-order chi connectivity index (χ1) is 11.5. The maximum absolute atomic E-state index is 12.3. The van der Waals surface area contributed by atoms with E-state index in [1.54, 1.807) is 6.07 Å². The van der Waals surface area contributed by atoms with Crippen molar-refractivity contribution in [2.45, 2.75) is 27.4 Å². The summed E-state index contributed by atoms with van der Waals surface area (Å²) in [7, 11) is 0. The van der Waals surface area contributed by atoms with Crippen LogP contribution in [-0.2, 0) is 11.3 Å². The fourth-order valence-corrected chi connectivity index (χ4v) is 2.52. The number of hydrogen-bond donors (Lipinski definition) is 0. The Morgan fingerprint density at radius 1 is 1.08 bits per heavy atom. The van der Waals surface area contributed by atoms with E-state index in [2.05, 4.69) is 4.98 Å². The van der Waals surface area contributed by atoms with Gasteiger partial charge in [-0.1, -0.05) is 35.9 Å². The van der Waals surface area contributed by atoms with E-state index >= 15 is 0 Å². The Bertz CT molecular complexity index is 866. The lowest BCUT2D eigenvalue weighted by Crippen LogP contribution is -2.08. The van der Waals surface area contributed by atoms with Crippen molar-refractivity contribution < 1.29 is 13.9 Å². The molecule has 0 amide bonds. The Morgan fingerprint density at radius 3 is 2.54 bits per heavy atom. The average molecular weight is 321 g/mol. The van der Waals surface area contributed by atoms with Crippen molar-refractivity contribution in [3.8, 4) is 11.5 Å². The Labute approximate surface area is 141 Å². The second-order valence-electron chi connectivity index (χ2n) is 5.78. The highest BCUT2D eigenvalue weighted by Crippen LogP contribution is 2.22. The second kappa shape index (κ2) is 6.71. The van der Waals surface area contributed by atoms with Crippen molar-refractivity contribution in [1.82, 2.24) is 4.98 Å². The van der Waals surface area contributed by atoms with Gasteiger partial charge in [-0.25, -0.2) is 9.78 Å². The molecule has 122 valence electrons. The number of oxazole rings is 1. The number of benzene rings is 2. The third kappa shape index (κ3) is 3.38. The number of hydrogen-bond acceptors (Lipinski definition) is 4. The van der Waals surface area contributed by atoms with E-state index in [1.807, 2.05) is 63.2 Å². The number of aryl methyl sites for hydroxylation is 3. The molecule has 24 heavy (non-hydrogen) atoms. The lowest BCUT2D eigenvalue weighted by atomic mass is 10.1. The van der Waals surface area contributed by atoms with Crippen molar-refractivity contribution in [1.29, 1.82) is 0 Å². The summed E-state index contributed by atoms with van der Waals surface area (Å²) in [5, 5.41) is 0. The van der Waals surface area contributed by atoms with Gasteiger partial charge in [0.15, 0.2) is 0 Å². The van der Waals surface area contributed by atoms with Crippen molar-refractivity contribution in [2.24, 2.45) is 0 Å². The Kier molecular flexibility index (Phi) is 4.47. The normalized spacial score (nSPS) is 10.6. The molecule has 0 aliphatic heterocycles. The predicted octanol–water partition coefficient (Wildman–Crippen LogP) is 4.62. The number of nitrogens with zero attached hydrogens (tertiary/aromatic N) is 1. The maximum atomic E-state index is 12.3. The zero-order valence-corrected chi connectivity index (χ0v) is 14.0. The molecule has 1 aromatic heterocycles. The van der Waals surface area contributed by atoms with Gasteiger partial charge in [0.1, 0.15) is 18.1 Å². The molecule has 2 aromatic carbocycles. The van der Waals surface area contributed by atoms with Gasteiger partial charge in [0, 0.05) is 5.56 Å². The highest BCUT2D eigenvalue weighted by Gasteiger charge is 2.15. The number of aromatic nitrogens is 1. The first kappa shape index (κ1) is 16.0. The van der Waals surface area contributed by atoms with E-state index in [0.717, 1.165) is 16.7 Å². The minimum atomic E-state index is -0.351. The molecule has 4 heteroatoms. The lowest BCUT2D eigenvalue weighted by molar-refractivity contribution is 0.0466. The SMILES string of the molecule is Cc1ccc(C(=O)OCc2nc(-c3ccccc3)oc2C)c(C)c1. The molecular weight excluding hydrogens is 302 g/mol. The molecule has 0 radical (unpaired) electrons. The number of carbonyl (C=O) groups excluding carboxylic acids is 1. The minimum absolute atomic E-state index is 0.0916. The molecule has 0 fully saturated rings. The summed E-state index contributed by atoms with van der Waals surface area (Å²) in [5.74, 6) is 0.837. The lowest BCUT2D eigenvalue weighted by Gasteiger charge is -2.06. The number of ether oxygens (including phenoxy) is 1. The van der Waals surface area contributed by atoms with Crippen molar-refractivity contribution in [3.63, 3.8) is 0 Å². The zero-order chi connectivity index (χ0) is 17.1. The van der Waals surface area contributed by atoms with Gasteiger partial charge in [-0.15, -0.1) is 0 Å². The van der Waals surface area contributed by atoms with E-state index in [4.69, 9.17) is 9.15 Å². The number of carbonyl (C=O) groups is 1. The fourth-order valence-electron chi connectivity index (χ4n) is 2.52. The molecule has 3 aromatic rings. The maximum Gasteiger partial charge on any atom is 0.338 e. The molecule has 0 aliphatic rings. The summed E-state index contributed by atoms with van der Waals surface area (Å²) < 4.78 is 11.1. The van der Waals surface area contributed by atoms with Crippen LogP contribution in [0, 0.1) is 20.8 Å². The standard InChI is InChI=1S/C20H19NO3/c1-13-9-10-17(14(2)11-13)20(22)23-12-18-15(3)24-19(21-18)16-7-5-4-6-8-16/h4-11H,12H2,1-3H3. The van der Waals surface area contributed by atoms with Crippen LogP contribution >= 0.6 is 0 Å². The Hall–Kier alpha value is -2.88. The van der Waals surface area contributed by atoms with Crippen LogP contribution in [0.15, 0.2) is 52.9 Å². The summed E-state index contributed by atoms with van der Waals surface area (Å²) in [6, 6.07) is 15.3. The van der Waals surface area contributed by atoms with Gasteiger partial charge in [-0.3, -0.25) is 0 Å². The topological polar surface area (TPSA) is 52.3 Å². The van der Waals surface area contributed by atoms with Crippen molar-refractivity contribution in [2.75, 3.05) is 0 Å². The van der Waals surface area contributed by atoms with E-state index in [0.29, 0.717) is 22.9 Å². The predicted molar refractivity (Wildman–Crippen MR) is 91.7 cm³/mol. The highest BCUT2D eigenvalue weighted by molar-refractivity contribution is 5.91. The molecule has 0 atom stereocenters. The molecule has 0 aliphatic carbocycles. The molecule has 0 N–H and O–H groups in total. The number of esters is 1. The third-order valence-corrected chi connectivity index (χ3v) is 3.86. The summed E-state index contributed by atoms with van der Waals surface area (Å²) in [6.07, 6.45) is 0. The first-order valence-electron chi connectivity index (χ1n) is 7.80. The summed E-state index contributed by atoms with van der Waals surface area (Å²) in [4.78, 5) is 16.7. The molecular formula is C20H19NO3. The van der Waals surface area contributed by atoms with Gasteiger partial charge in [-0.2, -0.15) is 0 Å². The average Bonchev–Trinajstić information content (AvgIpc) is 2.94.